The van der Waals surface area contributed by atoms with E-state index in [0.29, 0.717) is 11.8 Å². The number of carbonyl (C=O) groups is 1. The van der Waals surface area contributed by atoms with Crippen molar-refractivity contribution in [3.8, 4) is 0 Å². The third-order valence-corrected chi connectivity index (χ3v) is 5.27. The lowest BCUT2D eigenvalue weighted by Crippen LogP contribution is -2.44. The quantitative estimate of drug-likeness (QED) is 0.844. The fourth-order valence-electron chi connectivity index (χ4n) is 3.87. The summed E-state index contributed by atoms with van der Waals surface area (Å²) in [6.45, 7) is 14.3. The molecule has 0 aromatic rings. The SMILES string of the molecule is CCN(C)CC1CCN(C(=O)NCC2CCOC2C(C)(C)C)C1. The number of nitrogens with one attached hydrogen (secondary N) is 1. The lowest BCUT2D eigenvalue weighted by molar-refractivity contribution is 0.00758. The first-order valence-corrected chi connectivity index (χ1v) is 9.14. The van der Waals surface area contributed by atoms with Crippen LogP contribution in [0.3, 0.4) is 0 Å². The van der Waals surface area contributed by atoms with Gasteiger partial charge in [-0.3, -0.25) is 0 Å². The lowest BCUT2D eigenvalue weighted by Gasteiger charge is -2.31. The van der Waals surface area contributed by atoms with Gasteiger partial charge in [0.25, 0.3) is 0 Å². The van der Waals surface area contributed by atoms with Crippen LogP contribution in [0.2, 0.25) is 0 Å². The van der Waals surface area contributed by atoms with Crippen LogP contribution in [-0.4, -0.2) is 68.3 Å². The van der Waals surface area contributed by atoms with Gasteiger partial charge in [0, 0.05) is 38.7 Å². The maximum absolute atomic E-state index is 12.4. The first-order valence-electron chi connectivity index (χ1n) is 9.14. The van der Waals surface area contributed by atoms with Gasteiger partial charge in [0.1, 0.15) is 0 Å². The summed E-state index contributed by atoms with van der Waals surface area (Å²) in [6.07, 6.45) is 2.41. The Kier molecular flexibility index (Phi) is 6.32. The molecular formula is C18H35N3O2. The van der Waals surface area contributed by atoms with Gasteiger partial charge in [-0.25, -0.2) is 4.79 Å². The zero-order valence-electron chi connectivity index (χ0n) is 15.6. The molecule has 23 heavy (non-hydrogen) atoms. The molecule has 0 bridgehead atoms. The summed E-state index contributed by atoms with van der Waals surface area (Å²) in [7, 11) is 2.15. The molecule has 2 rings (SSSR count). The molecule has 2 saturated heterocycles. The van der Waals surface area contributed by atoms with Crippen LogP contribution in [0.25, 0.3) is 0 Å². The summed E-state index contributed by atoms with van der Waals surface area (Å²) in [4.78, 5) is 16.7. The largest absolute Gasteiger partial charge is 0.377 e. The number of amides is 2. The molecule has 0 aliphatic carbocycles. The van der Waals surface area contributed by atoms with E-state index in [9.17, 15) is 4.79 Å². The van der Waals surface area contributed by atoms with Gasteiger partial charge in [-0.1, -0.05) is 27.7 Å². The number of hydrogen-bond donors (Lipinski definition) is 1. The molecule has 0 aromatic heterocycles. The third-order valence-electron chi connectivity index (χ3n) is 5.27. The number of rotatable bonds is 5. The van der Waals surface area contributed by atoms with E-state index in [4.69, 9.17) is 4.74 Å². The van der Waals surface area contributed by atoms with Crippen molar-refractivity contribution in [2.45, 2.75) is 46.6 Å². The highest BCUT2D eigenvalue weighted by molar-refractivity contribution is 5.74. The molecule has 2 amide bonds. The Morgan fingerprint density at radius 1 is 1.35 bits per heavy atom. The number of nitrogens with zero attached hydrogens (tertiary/aromatic N) is 2. The van der Waals surface area contributed by atoms with Gasteiger partial charge in [-0.2, -0.15) is 0 Å². The summed E-state index contributed by atoms with van der Waals surface area (Å²) in [5.41, 5.74) is 0.134. The number of carbonyl (C=O) groups excluding carboxylic acids is 1. The van der Waals surface area contributed by atoms with Crippen molar-refractivity contribution in [1.82, 2.24) is 15.1 Å². The number of hydrogen-bond acceptors (Lipinski definition) is 3. The monoisotopic (exact) mass is 325 g/mol. The zero-order chi connectivity index (χ0) is 17.0. The predicted molar refractivity (Wildman–Crippen MR) is 93.6 cm³/mol. The lowest BCUT2D eigenvalue weighted by atomic mass is 9.81. The summed E-state index contributed by atoms with van der Waals surface area (Å²) >= 11 is 0. The Morgan fingerprint density at radius 2 is 2.09 bits per heavy atom. The standard InChI is InChI=1S/C18H35N3O2/c1-6-20(5)12-14-7-9-21(13-14)17(22)19-11-15-8-10-23-16(15)18(2,3)4/h14-16H,6-13H2,1-5H3,(H,19,22). The molecule has 5 heteroatoms. The predicted octanol–water partition coefficient (Wildman–Crippen LogP) is 2.42. The van der Waals surface area contributed by atoms with E-state index >= 15 is 0 Å². The van der Waals surface area contributed by atoms with E-state index in [1.54, 1.807) is 0 Å². The van der Waals surface area contributed by atoms with Crippen LogP contribution in [0, 0.1) is 17.3 Å². The van der Waals surface area contributed by atoms with Crippen molar-refractivity contribution in [2.75, 3.05) is 46.4 Å². The van der Waals surface area contributed by atoms with Crippen LogP contribution in [0.1, 0.15) is 40.5 Å². The second-order valence-corrected chi connectivity index (χ2v) is 8.35. The minimum absolute atomic E-state index is 0.103. The highest BCUT2D eigenvalue weighted by Crippen LogP contribution is 2.34. The van der Waals surface area contributed by atoms with E-state index in [-0.39, 0.29) is 17.6 Å². The van der Waals surface area contributed by atoms with Crippen LogP contribution >= 0.6 is 0 Å². The number of ether oxygens (including phenoxy) is 1. The molecule has 134 valence electrons. The van der Waals surface area contributed by atoms with Crippen molar-refractivity contribution in [3.05, 3.63) is 0 Å². The molecular weight excluding hydrogens is 290 g/mol. The minimum atomic E-state index is 0.103. The average Bonchev–Trinajstić information content (AvgIpc) is 3.12. The van der Waals surface area contributed by atoms with Gasteiger partial charge in [-0.05, 0) is 37.8 Å². The first-order chi connectivity index (χ1) is 10.8. The van der Waals surface area contributed by atoms with Crippen molar-refractivity contribution < 1.29 is 9.53 Å². The Balaban J connectivity index is 1.75. The van der Waals surface area contributed by atoms with Crippen molar-refractivity contribution >= 4 is 6.03 Å². The van der Waals surface area contributed by atoms with Crippen LogP contribution in [0.4, 0.5) is 4.79 Å². The van der Waals surface area contributed by atoms with Gasteiger partial charge < -0.3 is 19.9 Å². The van der Waals surface area contributed by atoms with E-state index in [1.807, 2.05) is 4.90 Å². The van der Waals surface area contributed by atoms with E-state index in [0.717, 1.165) is 52.2 Å². The fourth-order valence-corrected chi connectivity index (χ4v) is 3.87. The third kappa shape index (κ3) is 5.08. The smallest absolute Gasteiger partial charge is 0.317 e. The second kappa shape index (κ2) is 7.84. The van der Waals surface area contributed by atoms with Crippen molar-refractivity contribution in [1.29, 1.82) is 0 Å². The highest BCUT2D eigenvalue weighted by Gasteiger charge is 2.37. The molecule has 0 spiro atoms. The number of likely N-dealkylation sites (tertiary alicyclic amines) is 1. The molecule has 2 heterocycles. The van der Waals surface area contributed by atoms with Crippen LogP contribution in [-0.2, 0) is 4.74 Å². The van der Waals surface area contributed by atoms with Crippen molar-refractivity contribution in [3.63, 3.8) is 0 Å². The maximum Gasteiger partial charge on any atom is 0.317 e. The van der Waals surface area contributed by atoms with E-state index in [1.165, 1.54) is 0 Å². The Bertz CT molecular complexity index is 394. The minimum Gasteiger partial charge on any atom is -0.377 e. The van der Waals surface area contributed by atoms with Crippen LogP contribution < -0.4 is 5.32 Å². The number of urea groups is 1. The van der Waals surface area contributed by atoms with Crippen molar-refractivity contribution in [2.24, 2.45) is 17.3 Å². The Morgan fingerprint density at radius 3 is 2.74 bits per heavy atom. The molecule has 0 radical (unpaired) electrons. The average molecular weight is 325 g/mol. The molecule has 3 unspecified atom stereocenters. The molecule has 2 fully saturated rings. The Labute approximate surface area is 141 Å². The van der Waals surface area contributed by atoms with Gasteiger partial charge in [0.2, 0.25) is 0 Å². The van der Waals surface area contributed by atoms with Crippen LogP contribution in [0.5, 0.6) is 0 Å². The maximum atomic E-state index is 12.4. The van der Waals surface area contributed by atoms with E-state index < -0.39 is 0 Å². The molecule has 2 aliphatic rings. The normalized spacial score (nSPS) is 28.6. The van der Waals surface area contributed by atoms with Gasteiger partial charge in [0.15, 0.2) is 0 Å². The molecule has 1 N–H and O–H groups in total. The molecule has 0 saturated carbocycles. The highest BCUT2D eigenvalue weighted by atomic mass is 16.5. The van der Waals surface area contributed by atoms with E-state index in [2.05, 4.69) is 45.0 Å². The Hall–Kier alpha value is -0.810. The molecule has 3 atom stereocenters. The molecule has 0 aromatic carbocycles. The second-order valence-electron chi connectivity index (χ2n) is 8.35. The summed E-state index contributed by atoms with van der Waals surface area (Å²) in [6, 6.07) is 0.103. The van der Waals surface area contributed by atoms with Gasteiger partial charge in [-0.15, -0.1) is 0 Å². The summed E-state index contributed by atoms with van der Waals surface area (Å²) < 4.78 is 5.89. The topological polar surface area (TPSA) is 44.8 Å². The molecule has 5 nitrogen and oxygen atoms in total. The zero-order valence-corrected chi connectivity index (χ0v) is 15.6. The fraction of sp³-hybridized carbons (Fsp3) is 0.944. The molecule has 2 aliphatic heterocycles. The summed E-state index contributed by atoms with van der Waals surface area (Å²) in [5.74, 6) is 1.05. The first kappa shape index (κ1) is 18.5. The van der Waals surface area contributed by atoms with Gasteiger partial charge in [0.05, 0.1) is 6.10 Å². The van der Waals surface area contributed by atoms with Crippen LogP contribution in [0.15, 0.2) is 0 Å². The van der Waals surface area contributed by atoms with Gasteiger partial charge >= 0.3 is 6.03 Å². The summed E-state index contributed by atoms with van der Waals surface area (Å²) in [5, 5.41) is 3.15.